The molecule has 150 valence electrons. The summed E-state index contributed by atoms with van der Waals surface area (Å²) >= 11 is 0. The van der Waals surface area contributed by atoms with Crippen molar-refractivity contribution in [3.05, 3.63) is 29.8 Å². The van der Waals surface area contributed by atoms with E-state index in [0.29, 0.717) is 31.5 Å². The van der Waals surface area contributed by atoms with Crippen molar-refractivity contribution in [2.24, 2.45) is 5.92 Å². The van der Waals surface area contributed by atoms with Crippen molar-refractivity contribution in [1.82, 2.24) is 10.2 Å². The number of piperidine rings is 1. The van der Waals surface area contributed by atoms with Crippen LogP contribution in [-0.2, 0) is 16.1 Å². The third-order valence-electron chi connectivity index (χ3n) is 4.16. The number of likely N-dealkylation sites (tertiary alicyclic amines) is 1. The largest absolute Gasteiger partial charge is 0.444 e. The Morgan fingerprint density at radius 1 is 1.22 bits per heavy atom. The Morgan fingerprint density at radius 2 is 1.85 bits per heavy atom. The van der Waals surface area contributed by atoms with E-state index in [9.17, 15) is 18.4 Å². The van der Waals surface area contributed by atoms with Crippen LogP contribution in [0.2, 0.25) is 0 Å². The van der Waals surface area contributed by atoms with Gasteiger partial charge in [0.2, 0.25) is 5.91 Å². The third-order valence-corrected chi connectivity index (χ3v) is 4.16. The van der Waals surface area contributed by atoms with E-state index in [1.807, 2.05) is 0 Å². The number of carbonyl (C=O) groups is 2. The molecule has 1 saturated heterocycles. The van der Waals surface area contributed by atoms with Crippen LogP contribution >= 0.6 is 0 Å². The van der Waals surface area contributed by atoms with Crippen LogP contribution in [0, 0.1) is 5.92 Å². The molecular weight excluding hydrogens is 358 g/mol. The number of hydrogen-bond donors (Lipinski definition) is 1. The highest BCUT2D eigenvalue weighted by Gasteiger charge is 2.29. The highest BCUT2D eigenvalue weighted by atomic mass is 19.3. The van der Waals surface area contributed by atoms with E-state index in [0.717, 1.165) is 0 Å². The van der Waals surface area contributed by atoms with E-state index in [-0.39, 0.29) is 30.2 Å². The first-order valence-corrected chi connectivity index (χ1v) is 8.94. The first-order chi connectivity index (χ1) is 12.7. The zero-order valence-electron chi connectivity index (χ0n) is 15.8. The third kappa shape index (κ3) is 6.69. The van der Waals surface area contributed by atoms with Crippen molar-refractivity contribution < 1.29 is 27.8 Å². The van der Waals surface area contributed by atoms with Crippen molar-refractivity contribution in [2.75, 3.05) is 13.1 Å². The maximum atomic E-state index is 12.4. The Hall–Kier alpha value is -2.38. The van der Waals surface area contributed by atoms with Crippen LogP contribution in [0.15, 0.2) is 24.3 Å². The molecule has 1 heterocycles. The Labute approximate surface area is 157 Å². The SMILES string of the molecule is CC(C)(C)OC(=O)N1CCC(C(=O)NCc2ccccc2OC(F)F)CC1. The van der Waals surface area contributed by atoms with Crippen molar-refractivity contribution in [1.29, 1.82) is 0 Å². The summed E-state index contributed by atoms with van der Waals surface area (Å²) in [5.74, 6) is -0.343. The van der Waals surface area contributed by atoms with Crippen LogP contribution in [0.4, 0.5) is 13.6 Å². The van der Waals surface area contributed by atoms with Crippen LogP contribution in [0.1, 0.15) is 39.2 Å². The summed E-state index contributed by atoms with van der Waals surface area (Å²) in [6.45, 7) is 3.49. The molecule has 0 atom stereocenters. The molecule has 1 aliphatic rings. The van der Waals surface area contributed by atoms with Crippen LogP contribution in [0.25, 0.3) is 0 Å². The number of amides is 2. The number of para-hydroxylation sites is 1. The quantitative estimate of drug-likeness (QED) is 0.843. The second-order valence-corrected chi connectivity index (χ2v) is 7.45. The summed E-state index contributed by atoms with van der Waals surface area (Å²) in [5.41, 5.74) is -0.0729. The lowest BCUT2D eigenvalue weighted by Crippen LogP contribution is -2.44. The molecule has 0 saturated carbocycles. The van der Waals surface area contributed by atoms with Gasteiger partial charge in [0.15, 0.2) is 0 Å². The maximum absolute atomic E-state index is 12.4. The first-order valence-electron chi connectivity index (χ1n) is 8.94. The van der Waals surface area contributed by atoms with Gasteiger partial charge in [0.05, 0.1) is 0 Å². The van der Waals surface area contributed by atoms with Gasteiger partial charge in [-0.15, -0.1) is 0 Å². The molecule has 8 heteroatoms. The number of ether oxygens (including phenoxy) is 2. The van der Waals surface area contributed by atoms with E-state index in [1.54, 1.807) is 43.9 Å². The molecule has 0 unspecified atom stereocenters. The molecule has 0 aromatic heterocycles. The Bertz CT molecular complexity index is 653. The number of hydrogen-bond acceptors (Lipinski definition) is 4. The van der Waals surface area contributed by atoms with Gasteiger partial charge in [-0.1, -0.05) is 18.2 Å². The van der Waals surface area contributed by atoms with Crippen LogP contribution < -0.4 is 10.1 Å². The fourth-order valence-corrected chi connectivity index (χ4v) is 2.84. The van der Waals surface area contributed by atoms with Crippen LogP contribution in [-0.4, -0.2) is 42.2 Å². The molecular formula is C19H26F2N2O4. The van der Waals surface area contributed by atoms with E-state index in [4.69, 9.17) is 4.74 Å². The zero-order chi connectivity index (χ0) is 20.0. The number of carbonyl (C=O) groups excluding carboxylic acids is 2. The number of alkyl halides is 2. The molecule has 27 heavy (non-hydrogen) atoms. The minimum absolute atomic E-state index is 0.0487. The van der Waals surface area contributed by atoms with E-state index < -0.39 is 12.2 Å². The highest BCUT2D eigenvalue weighted by molar-refractivity contribution is 5.79. The lowest BCUT2D eigenvalue weighted by molar-refractivity contribution is -0.126. The van der Waals surface area contributed by atoms with Gasteiger partial charge >= 0.3 is 12.7 Å². The molecule has 0 radical (unpaired) electrons. The van der Waals surface area contributed by atoms with E-state index in [1.165, 1.54) is 6.07 Å². The second-order valence-electron chi connectivity index (χ2n) is 7.45. The molecule has 2 rings (SSSR count). The molecule has 0 spiro atoms. The van der Waals surface area contributed by atoms with Gasteiger partial charge < -0.3 is 19.7 Å². The minimum Gasteiger partial charge on any atom is -0.444 e. The van der Waals surface area contributed by atoms with Crippen LogP contribution in [0.5, 0.6) is 5.75 Å². The van der Waals surface area contributed by atoms with Gasteiger partial charge in [0.25, 0.3) is 0 Å². The van der Waals surface area contributed by atoms with Gasteiger partial charge in [0, 0.05) is 31.1 Å². The lowest BCUT2D eigenvalue weighted by Gasteiger charge is -2.33. The summed E-state index contributed by atoms with van der Waals surface area (Å²) in [7, 11) is 0. The number of halogens is 2. The van der Waals surface area contributed by atoms with Gasteiger partial charge in [-0.2, -0.15) is 8.78 Å². The second kappa shape index (κ2) is 9.01. The van der Waals surface area contributed by atoms with Gasteiger partial charge in [-0.25, -0.2) is 4.79 Å². The fraction of sp³-hybridized carbons (Fsp3) is 0.579. The molecule has 6 nitrogen and oxygen atoms in total. The average molecular weight is 384 g/mol. The molecule has 1 fully saturated rings. The van der Waals surface area contributed by atoms with Gasteiger partial charge in [-0.05, 0) is 39.7 Å². The van der Waals surface area contributed by atoms with Gasteiger partial charge in [0.1, 0.15) is 11.4 Å². The summed E-state index contributed by atoms with van der Waals surface area (Å²) in [6, 6.07) is 6.35. The topological polar surface area (TPSA) is 67.9 Å². The number of benzene rings is 1. The molecule has 1 aromatic carbocycles. The van der Waals surface area contributed by atoms with E-state index in [2.05, 4.69) is 10.1 Å². The predicted octanol–water partition coefficient (Wildman–Crippen LogP) is 3.55. The highest BCUT2D eigenvalue weighted by Crippen LogP contribution is 2.22. The van der Waals surface area contributed by atoms with Gasteiger partial charge in [-0.3, -0.25) is 4.79 Å². The summed E-state index contributed by atoms with van der Waals surface area (Å²) < 4.78 is 34.7. The molecule has 1 aliphatic heterocycles. The van der Waals surface area contributed by atoms with Crippen molar-refractivity contribution in [3.8, 4) is 5.75 Å². The maximum Gasteiger partial charge on any atom is 0.410 e. The molecule has 2 amide bonds. The zero-order valence-corrected chi connectivity index (χ0v) is 15.8. The summed E-state index contributed by atoms with van der Waals surface area (Å²) in [5, 5.41) is 2.77. The Kier molecular flexibility index (Phi) is 6.98. The van der Waals surface area contributed by atoms with Crippen molar-refractivity contribution in [3.63, 3.8) is 0 Å². The minimum atomic E-state index is -2.92. The molecule has 0 bridgehead atoms. The average Bonchev–Trinajstić information content (AvgIpc) is 2.59. The molecule has 1 aromatic rings. The van der Waals surface area contributed by atoms with Crippen molar-refractivity contribution >= 4 is 12.0 Å². The number of nitrogens with zero attached hydrogens (tertiary/aromatic N) is 1. The lowest BCUT2D eigenvalue weighted by atomic mass is 9.96. The molecule has 1 N–H and O–H groups in total. The standard InChI is InChI=1S/C19H26F2N2O4/c1-19(2,3)27-18(25)23-10-8-13(9-11-23)16(24)22-12-14-6-4-5-7-15(14)26-17(20)21/h4-7,13,17H,8-12H2,1-3H3,(H,22,24). The smallest absolute Gasteiger partial charge is 0.410 e. The summed E-state index contributed by atoms with van der Waals surface area (Å²) in [4.78, 5) is 26.0. The number of nitrogens with one attached hydrogen (secondary N) is 1. The normalized spacial score (nSPS) is 15.6. The van der Waals surface area contributed by atoms with Crippen molar-refractivity contribution in [2.45, 2.75) is 52.4 Å². The fourth-order valence-electron chi connectivity index (χ4n) is 2.84. The van der Waals surface area contributed by atoms with Crippen LogP contribution in [0.3, 0.4) is 0 Å². The summed E-state index contributed by atoms with van der Waals surface area (Å²) in [6.07, 6.45) is 0.681. The Morgan fingerprint density at radius 3 is 2.44 bits per heavy atom. The first kappa shape index (κ1) is 20.9. The number of rotatable bonds is 5. The monoisotopic (exact) mass is 384 g/mol. The van der Waals surface area contributed by atoms with E-state index >= 15 is 0 Å². The Balaban J connectivity index is 1.82. The predicted molar refractivity (Wildman–Crippen MR) is 95.5 cm³/mol. The molecule has 0 aliphatic carbocycles.